The molecule has 196 valence electrons. The van der Waals surface area contributed by atoms with Gasteiger partial charge < -0.3 is 9.80 Å². The average molecular weight is 529 g/mol. The van der Waals surface area contributed by atoms with Gasteiger partial charge in [0.25, 0.3) is 0 Å². The molecule has 0 saturated heterocycles. The van der Waals surface area contributed by atoms with E-state index in [1.807, 2.05) is 34.1 Å². The molecule has 2 aliphatic rings. The summed E-state index contributed by atoms with van der Waals surface area (Å²) in [6.07, 6.45) is 14.6. The van der Waals surface area contributed by atoms with Gasteiger partial charge in [-0.15, -0.1) is 11.3 Å². The molecule has 1 atom stereocenters. The molecule has 1 aliphatic carbocycles. The molecule has 6 heteroatoms. The summed E-state index contributed by atoms with van der Waals surface area (Å²) in [5, 5.41) is 2.81. The molecule has 1 aromatic carbocycles. The fourth-order valence-electron chi connectivity index (χ4n) is 5.36. The number of halogens is 1. The van der Waals surface area contributed by atoms with Crippen LogP contribution in [-0.4, -0.2) is 40.7 Å². The molecule has 1 unspecified atom stereocenters. The molecule has 1 aliphatic heterocycles. The molecule has 36 heavy (non-hydrogen) atoms. The average Bonchev–Trinajstić information content (AvgIpc) is 3.61. The van der Waals surface area contributed by atoms with Crippen LogP contribution in [0.25, 0.3) is 0 Å². The summed E-state index contributed by atoms with van der Waals surface area (Å²) in [5.41, 5.74) is 2.28. The van der Waals surface area contributed by atoms with Crippen LogP contribution in [0.15, 0.2) is 35.7 Å². The zero-order chi connectivity index (χ0) is 25.3. The number of carbonyl (C=O) groups excluding carboxylic acids is 2. The van der Waals surface area contributed by atoms with E-state index in [2.05, 4.69) is 18.4 Å². The lowest BCUT2D eigenvalue weighted by Gasteiger charge is -2.37. The van der Waals surface area contributed by atoms with Gasteiger partial charge in [-0.05, 0) is 60.4 Å². The molecule has 0 radical (unpaired) electrons. The van der Waals surface area contributed by atoms with E-state index in [1.165, 1.54) is 55.4 Å². The molecule has 1 fully saturated rings. The molecule has 4 rings (SSSR count). The number of thiophene rings is 1. The summed E-state index contributed by atoms with van der Waals surface area (Å²) in [6.45, 7) is 3.13. The van der Waals surface area contributed by atoms with Crippen molar-refractivity contribution in [2.75, 3.05) is 13.1 Å². The van der Waals surface area contributed by atoms with Gasteiger partial charge in [0, 0.05) is 28.9 Å². The van der Waals surface area contributed by atoms with Crippen LogP contribution >= 0.6 is 22.9 Å². The zero-order valence-electron chi connectivity index (χ0n) is 21.7. The summed E-state index contributed by atoms with van der Waals surface area (Å²) in [6, 6.07) is 10.1. The number of hydrogen-bond acceptors (Lipinski definition) is 3. The Morgan fingerprint density at radius 2 is 1.64 bits per heavy atom. The van der Waals surface area contributed by atoms with Gasteiger partial charge in [-0.2, -0.15) is 0 Å². The number of benzene rings is 1. The van der Waals surface area contributed by atoms with Gasteiger partial charge in [0.1, 0.15) is 6.54 Å². The summed E-state index contributed by atoms with van der Waals surface area (Å²) >= 11 is 7.91. The van der Waals surface area contributed by atoms with Crippen molar-refractivity contribution >= 4 is 34.8 Å². The van der Waals surface area contributed by atoms with Crippen molar-refractivity contribution in [1.29, 1.82) is 0 Å². The Hall–Kier alpha value is -1.85. The Kier molecular flexibility index (Phi) is 10.3. The van der Waals surface area contributed by atoms with E-state index in [9.17, 15) is 9.59 Å². The summed E-state index contributed by atoms with van der Waals surface area (Å²) < 4.78 is 0. The minimum Gasteiger partial charge on any atom is -0.330 e. The van der Waals surface area contributed by atoms with Gasteiger partial charge in [0.2, 0.25) is 11.8 Å². The van der Waals surface area contributed by atoms with E-state index >= 15 is 0 Å². The van der Waals surface area contributed by atoms with E-state index in [0.717, 1.165) is 37.7 Å². The Morgan fingerprint density at radius 1 is 0.972 bits per heavy atom. The minimum absolute atomic E-state index is 0.0547. The molecule has 0 spiro atoms. The van der Waals surface area contributed by atoms with Gasteiger partial charge >= 0.3 is 0 Å². The second-order valence-corrected chi connectivity index (χ2v) is 11.9. The number of unbranched alkanes of at least 4 members (excludes halogenated alkanes) is 8. The van der Waals surface area contributed by atoms with Crippen LogP contribution in [0.3, 0.4) is 0 Å². The van der Waals surface area contributed by atoms with Gasteiger partial charge in [0.15, 0.2) is 0 Å². The van der Waals surface area contributed by atoms with Crippen molar-refractivity contribution in [3.63, 3.8) is 0 Å². The Bertz CT molecular complexity index is 985. The maximum atomic E-state index is 13.7. The van der Waals surface area contributed by atoms with Crippen molar-refractivity contribution < 1.29 is 9.59 Å². The fourth-order valence-corrected chi connectivity index (χ4v) is 6.39. The number of hydrogen-bond donors (Lipinski definition) is 0. The predicted molar refractivity (Wildman–Crippen MR) is 150 cm³/mol. The first-order valence-corrected chi connectivity index (χ1v) is 15.2. The predicted octanol–water partition coefficient (Wildman–Crippen LogP) is 7.79. The second-order valence-electron chi connectivity index (χ2n) is 10.4. The number of nitrogens with zero attached hydrogens (tertiary/aromatic N) is 2. The first-order valence-electron chi connectivity index (χ1n) is 14.0. The van der Waals surface area contributed by atoms with Crippen LogP contribution in [-0.2, 0) is 16.0 Å². The fraction of sp³-hybridized carbons (Fsp3) is 0.600. The molecular weight excluding hydrogens is 488 g/mol. The van der Waals surface area contributed by atoms with Crippen LogP contribution in [0.4, 0.5) is 0 Å². The SMILES string of the molecule is CCCCCCCCCCCC(=O)N(CC(=O)N1CCc2sccc2C1c1ccc(Cl)cc1)C1CC1. The van der Waals surface area contributed by atoms with E-state index < -0.39 is 0 Å². The number of rotatable bonds is 14. The summed E-state index contributed by atoms with van der Waals surface area (Å²) in [4.78, 5) is 32.0. The van der Waals surface area contributed by atoms with E-state index in [-0.39, 0.29) is 30.4 Å². The number of carbonyl (C=O) groups is 2. The lowest BCUT2D eigenvalue weighted by Crippen LogP contribution is -2.47. The van der Waals surface area contributed by atoms with E-state index in [4.69, 9.17) is 11.6 Å². The van der Waals surface area contributed by atoms with Crippen molar-refractivity contribution in [3.05, 3.63) is 56.7 Å². The smallest absolute Gasteiger partial charge is 0.243 e. The Morgan fingerprint density at radius 3 is 2.31 bits per heavy atom. The van der Waals surface area contributed by atoms with Crippen LogP contribution in [0.2, 0.25) is 5.02 Å². The third-order valence-corrected chi connectivity index (χ3v) is 8.83. The topological polar surface area (TPSA) is 40.6 Å². The number of amides is 2. The summed E-state index contributed by atoms with van der Waals surface area (Å²) in [7, 11) is 0. The van der Waals surface area contributed by atoms with Gasteiger partial charge in [-0.3, -0.25) is 9.59 Å². The second kappa shape index (κ2) is 13.6. The van der Waals surface area contributed by atoms with Gasteiger partial charge in [-0.25, -0.2) is 0 Å². The molecule has 2 aromatic rings. The molecule has 0 bridgehead atoms. The lowest BCUT2D eigenvalue weighted by molar-refractivity contribution is -0.142. The van der Waals surface area contributed by atoms with E-state index in [1.54, 1.807) is 11.3 Å². The zero-order valence-corrected chi connectivity index (χ0v) is 23.3. The van der Waals surface area contributed by atoms with Crippen molar-refractivity contribution in [1.82, 2.24) is 9.80 Å². The Balaban J connectivity index is 1.32. The molecule has 2 heterocycles. The third kappa shape index (κ3) is 7.35. The lowest BCUT2D eigenvalue weighted by atomic mass is 9.93. The van der Waals surface area contributed by atoms with E-state index in [0.29, 0.717) is 18.0 Å². The monoisotopic (exact) mass is 528 g/mol. The maximum Gasteiger partial charge on any atom is 0.243 e. The molecule has 0 N–H and O–H groups in total. The highest BCUT2D eigenvalue weighted by atomic mass is 35.5. The molecule has 4 nitrogen and oxygen atoms in total. The third-order valence-electron chi connectivity index (χ3n) is 7.58. The van der Waals surface area contributed by atoms with Crippen LogP contribution < -0.4 is 0 Å². The van der Waals surface area contributed by atoms with Crippen LogP contribution in [0.5, 0.6) is 0 Å². The maximum absolute atomic E-state index is 13.7. The first-order chi connectivity index (χ1) is 17.6. The van der Waals surface area contributed by atoms with Crippen molar-refractivity contribution in [2.24, 2.45) is 0 Å². The van der Waals surface area contributed by atoms with Crippen molar-refractivity contribution in [2.45, 2.75) is 102 Å². The first kappa shape index (κ1) is 27.2. The highest BCUT2D eigenvalue weighted by Gasteiger charge is 2.37. The van der Waals surface area contributed by atoms with Crippen LogP contribution in [0.1, 0.15) is 106 Å². The van der Waals surface area contributed by atoms with Gasteiger partial charge in [0.05, 0.1) is 6.04 Å². The number of fused-ring (bicyclic) bond motifs is 1. The summed E-state index contributed by atoms with van der Waals surface area (Å²) in [5.74, 6) is 0.212. The Labute approximate surface area is 226 Å². The minimum atomic E-state index is -0.113. The largest absolute Gasteiger partial charge is 0.330 e. The molecule has 2 amide bonds. The molecule has 1 saturated carbocycles. The van der Waals surface area contributed by atoms with Crippen LogP contribution in [0, 0.1) is 0 Å². The quantitative estimate of drug-likeness (QED) is 0.235. The molecule has 1 aromatic heterocycles. The highest BCUT2D eigenvalue weighted by molar-refractivity contribution is 7.10. The van der Waals surface area contributed by atoms with Crippen molar-refractivity contribution in [3.8, 4) is 0 Å². The highest BCUT2D eigenvalue weighted by Crippen LogP contribution is 2.38. The van der Waals surface area contributed by atoms with Gasteiger partial charge in [-0.1, -0.05) is 82.0 Å². The molecular formula is C30H41ClN2O2S. The standard InChI is InChI=1S/C30H41ClN2O2S/c1-2-3-4-5-6-7-8-9-10-11-28(34)33(25-16-17-25)22-29(35)32-20-18-27-26(19-21-36-27)30(32)23-12-14-24(31)15-13-23/h12-15,19,21,25,30H,2-11,16-18,20,22H2,1H3. The normalized spacial score (nSPS) is 17.2.